The monoisotopic (exact) mass is 285 g/mol. The minimum Gasteiger partial charge on any atom is -0.297 e. The molecule has 21 heavy (non-hydrogen) atoms. The van der Waals surface area contributed by atoms with Crippen LogP contribution in [0, 0.1) is 0 Å². The fourth-order valence-corrected chi connectivity index (χ4v) is 3.40. The van der Waals surface area contributed by atoms with Gasteiger partial charge in [0.15, 0.2) is 0 Å². The topological polar surface area (TPSA) is 41.3 Å². The van der Waals surface area contributed by atoms with E-state index in [1.54, 1.807) is 0 Å². The predicted molar refractivity (Wildman–Crippen MR) is 91.0 cm³/mol. The van der Waals surface area contributed by atoms with Crippen LogP contribution in [0.1, 0.15) is 39.3 Å². The molecule has 0 aliphatic heterocycles. The number of hydrogen-bond donors (Lipinski definition) is 2. The van der Waals surface area contributed by atoms with E-state index in [-0.39, 0.29) is 11.6 Å². The van der Waals surface area contributed by atoms with Crippen LogP contribution >= 0.6 is 0 Å². The predicted octanol–water partition coefficient (Wildman–Crippen LogP) is 3.46. The molecule has 0 heterocycles. The summed E-state index contributed by atoms with van der Waals surface area (Å²) < 4.78 is 0. The van der Waals surface area contributed by atoms with Gasteiger partial charge in [0, 0.05) is 5.54 Å². The molecule has 0 radical (unpaired) electrons. The zero-order valence-corrected chi connectivity index (χ0v) is 13.6. The van der Waals surface area contributed by atoms with Gasteiger partial charge in [0.1, 0.15) is 0 Å². The molecule has 0 spiro atoms. The van der Waals surface area contributed by atoms with Crippen molar-refractivity contribution in [1.82, 2.24) is 10.3 Å². The van der Waals surface area contributed by atoms with Crippen LogP contribution in [-0.2, 0) is 0 Å². The lowest BCUT2D eigenvalue weighted by atomic mass is 9.85. The summed E-state index contributed by atoms with van der Waals surface area (Å²) in [4.78, 5) is 2.44. The van der Waals surface area contributed by atoms with Crippen molar-refractivity contribution in [3.63, 3.8) is 0 Å². The summed E-state index contributed by atoms with van der Waals surface area (Å²) in [5.74, 6) is 5.95. The zero-order valence-electron chi connectivity index (χ0n) is 13.6. The number of nitrogens with zero attached hydrogens (tertiary/aromatic N) is 1. The highest BCUT2D eigenvalue weighted by molar-refractivity contribution is 5.86. The van der Waals surface area contributed by atoms with Crippen molar-refractivity contribution in [2.45, 2.75) is 39.3 Å². The number of hydrazine groups is 1. The molecule has 2 aromatic carbocycles. The number of benzene rings is 2. The summed E-state index contributed by atoms with van der Waals surface area (Å²) in [6.45, 7) is 10.9. The van der Waals surface area contributed by atoms with Crippen molar-refractivity contribution < 1.29 is 0 Å². The third-order valence-electron chi connectivity index (χ3n) is 4.59. The summed E-state index contributed by atoms with van der Waals surface area (Å²) >= 11 is 0. The Morgan fingerprint density at radius 3 is 2.29 bits per heavy atom. The van der Waals surface area contributed by atoms with Crippen molar-refractivity contribution in [3.05, 3.63) is 48.0 Å². The Morgan fingerprint density at radius 1 is 1.05 bits per heavy atom. The first kappa shape index (κ1) is 16.0. The van der Waals surface area contributed by atoms with Crippen molar-refractivity contribution in [3.8, 4) is 0 Å². The van der Waals surface area contributed by atoms with Gasteiger partial charge in [-0.25, -0.2) is 0 Å². The normalized spacial score (nSPS) is 13.8. The molecule has 0 amide bonds. The first-order chi connectivity index (χ1) is 10.1. The summed E-state index contributed by atoms with van der Waals surface area (Å²) in [7, 11) is 0. The van der Waals surface area contributed by atoms with Gasteiger partial charge in [-0.2, -0.15) is 0 Å². The molecule has 3 N–H and O–H groups in total. The van der Waals surface area contributed by atoms with Gasteiger partial charge < -0.3 is 0 Å². The lowest BCUT2D eigenvalue weighted by molar-refractivity contribution is 0.0918. The average Bonchev–Trinajstić information content (AvgIpc) is 2.49. The van der Waals surface area contributed by atoms with E-state index in [9.17, 15) is 0 Å². The highest BCUT2D eigenvalue weighted by atomic mass is 15.3. The second kappa shape index (κ2) is 6.56. The molecule has 0 aliphatic carbocycles. The Morgan fingerprint density at radius 2 is 1.67 bits per heavy atom. The van der Waals surface area contributed by atoms with E-state index in [0.29, 0.717) is 0 Å². The minimum atomic E-state index is -0.0671. The summed E-state index contributed by atoms with van der Waals surface area (Å²) in [6.07, 6.45) is 0. The third-order valence-corrected chi connectivity index (χ3v) is 4.59. The van der Waals surface area contributed by atoms with Crippen LogP contribution in [0.25, 0.3) is 10.8 Å². The van der Waals surface area contributed by atoms with E-state index in [4.69, 9.17) is 5.84 Å². The number of rotatable bonds is 6. The molecule has 1 atom stereocenters. The lowest BCUT2D eigenvalue weighted by Crippen LogP contribution is -2.54. The van der Waals surface area contributed by atoms with Crippen molar-refractivity contribution in [2.75, 3.05) is 13.1 Å². The Labute approximate surface area is 128 Å². The van der Waals surface area contributed by atoms with E-state index in [1.807, 2.05) is 0 Å². The second-order valence-corrected chi connectivity index (χ2v) is 5.99. The number of fused-ring (bicyclic) bond motifs is 1. The van der Waals surface area contributed by atoms with Crippen molar-refractivity contribution >= 4 is 10.8 Å². The summed E-state index contributed by atoms with van der Waals surface area (Å²) in [5, 5.41) is 2.52. The van der Waals surface area contributed by atoms with Gasteiger partial charge in [0.05, 0.1) is 6.04 Å². The Hall–Kier alpha value is -1.42. The van der Waals surface area contributed by atoms with Crippen LogP contribution in [0.15, 0.2) is 42.5 Å². The maximum Gasteiger partial charge on any atom is 0.0644 e. The van der Waals surface area contributed by atoms with Crippen LogP contribution in [0.2, 0.25) is 0 Å². The van der Waals surface area contributed by atoms with Gasteiger partial charge in [-0.3, -0.25) is 16.2 Å². The zero-order chi connectivity index (χ0) is 15.5. The van der Waals surface area contributed by atoms with Crippen molar-refractivity contribution in [1.29, 1.82) is 0 Å². The SMILES string of the molecule is CCN(CC)C(C)(C)C(NN)c1cccc2ccccc12. The molecule has 114 valence electrons. The maximum absolute atomic E-state index is 5.95. The van der Waals surface area contributed by atoms with Gasteiger partial charge in [-0.05, 0) is 43.3 Å². The van der Waals surface area contributed by atoms with Crippen molar-refractivity contribution in [2.24, 2.45) is 5.84 Å². The molecule has 0 aliphatic rings. The minimum absolute atomic E-state index is 0.0671. The molecular weight excluding hydrogens is 258 g/mol. The summed E-state index contributed by atoms with van der Waals surface area (Å²) in [6, 6.07) is 15.0. The van der Waals surface area contributed by atoms with Gasteiger partial charge in [0.2, 0.25) is 0 Å². The lowest BCUT2D eigenvalue weighted by Gasteiger charge is -2.43. The molecule has 0 bridgehead atoms. The fourth-order valence-electron chi connectivity index (χ4n) is 3.40. The van der Waals surface area contributed by atoms with Crippen LogP contribution in [-0.4, -0.2) is 23.5 Å². The van der Waals surface area contributed by atoms with E-state index >= 15 is 0 Å². The number of hydrogen-bond acceptors (Lipinski definition) is 3. The molecule has 0 saturated carbocycles. The Bertz CT molecular complexity index is 583. The van der Waals surface area contributed by atoms with Gasteiger partial charge in [-0.15, -0.1) is 0 Å². The third kappa shape index (κ3) is 2.95. The van der Waals surface area contributed by atoms with E-state index < -0.39 is 0 Å². The first-order valence-electron chi connectivity index (χ1n) is 7.75. The van der Waals surface area contributed by atoms with Gasteiger partial charge in [-0.1, -0.05) is 56.3 Å². The molecule has 3 nitrogen and oxygen atoms in total. The molecule has 0 saturated heterocycles. The number of nitrogens with one attached hydrogen (secondary N) is 1. The van der Waals surface area contributed by atoms with Gasteiger partial charge in [0.25, 0.3) is 0 Å². The molecule has 1 unspecified atom stereocenters. The van der Waals surface area contributed by atoms with Crippen LogP contribution in [0.5, 0.6) is 0 Å². The van der Waals surface area contributed by atoms with Crippen LogP contribution in [0.3, 0.4) is 0 Å². The quantitative estimate of drug-likeness (QED) is 0.631. The fraction of sp³-hybridized carbons (Fsp3) is 0.444. The number of likely N-dealkylation sites (N-methyl/N-ethyl adjacent to an activating group) is 1. The second-order valence-electron chi connectivity index (χ2n) is 5.99. The Balaban J connectivity index is 2.54. The van der Waals surface area contributed by atoms with E-state index in [2.05, 4.69) is 80.5 Å². The highest BCUT2D eigenvalue weighted by Gasteiger charge is 2.35. The maximum atomic E-state index is 5.95. The van der Waals surface area contributed by atoms with E-state index in [1.165, 1.54) is 16.3 Å². The smallest absolute Gasteiger partial charge is 0.0644 e. The van der Waals surface area contributed by atoms with E-state index in [0.717, 1.165) is 13.1 Å². The average molecular weight is 285 g/mol. The largest absolute Gasteiger partial charge is 0.297 e. The van der Waals surface area contributed by atoms with Crippen LogP contribution in [0.4, 0.5) is 0 Å². The molecule has 0 aromatic heterocycles. The molecule has 2 aromatic rings. The molecule has 0 fully saturated rings. The molecule has 3 heteroatoms. The highest BCUT2D eigenvalue weighted by Crippen LogP contribution is 2.34. The number of nitrogens with two attached hydrogens (primary N) is 1. The van der Waals surface area contributed by atoms with Gasteiger partial charge >= 0.3 is 0 Å². The summed E-state index contributed by atoms with van der Waals surface area (Å²) in [5.41, 5.74) is 4.25. The van der Waals surface area contributed by atoms with Crippen LogP contribution < -0.4 is 11.3 Å². The first-order valence-corrected chi connectivity index (χ1v) is 7.75. The molecule has 2 rings (SSSR count). The standard InChI is InChI=1S/C18H27N3/c1-5-21(6-2)18(3,4)17(20-19)16-13-9-11-14-10-7-8-12-15(14)16/h7-13,17,20H,5-6,19H2,1-4H3. The Kier molecular flexibility index (Phi) is 4.99. The molecular formula is C18H27N3.